The van der Waals surface area contributed by atoms with E-state index in [0.717, 1.165) is 23.2 Å². The Labute approximate surface area is 114 Å². The van der Waals surface area contributed by atoms with Gasteiger partial charge in [-0.3, -0.25) is 4.79 Å². The van der Waals surface area contributed by atoms with Crippen molar-refractivity contribution in [2.75, 3.05) is 11.9 Å². The summed E-state index contributed by atoms with van der Waals surface area (Å²) < 4.78 is 2.04. The summed E-state index contributed by atoms with van der Waals surface area (Å²) in [7, 11) is 0. The molecule has 2 aromatic heterocycles. The number of carbonyl (C=O) groups is 1. The van der Waals surface area contributed by atoms with E-state index in [0.29, 0.717) is 18.9 Å². The van der Waals surface area contributed by atoms with Gasteiger partial charge in [-0.25, -0.2) is 4.98 Å². The van der Waals surface area contributed by atoms with E-state index >= 15 is 0 Å². The third-order valence-corrected chi connectivity index (χ3v) is 4.27. The third-order valence-electron chi connectivity index (χ3n) is 3.36. The van der Waals surface area contributed by atoms with Gasteiger partial charge >= 0.3 is 0 Å². The molecule has 5 heteroatoms. The summed E-state index contributed by atoms with van der Waals surface area (Å²) >= 11 is 3.45. The molecule has 0 aromatic carbocycles. The Balaban J connectivity index is 1.83. The molecule has 0 aliphatic carbocycles. The van der Waals surface area contributed by atoms with Crippen molar-refractivity contribution in [1.29, 1.82) is 0 Å². The molecule has 1 saturated heterocycles. The van der Waals surface area contributed by atoms with Crippen LogP contribution >= 0.6 is 15.9 Å². The van der Waals surface area contributed by atoms with Crippen molar-refractivity contribution in [3.8, 4) is 0 Å². The highest BCUT2D eigenvalue weighted by atomic mass is 79.9. The number of pyridine rings is 1. The van der Waals surface area contributed by atoms with Crippen LogP contribution in [0.1, 0.15) is 12.1 Å². The monoisotopic (exact) mass is 307 g/mol. The number of amides is 1. The number of aromatic nitrogens is 2. The summed E-state index contributed by atoms with van der Waals surface area (Å²) in [6, 6.07) is 5.91. The first-order valence-corrected chi connectivity index (χ1v) is 7.15. The number of likely N-dealkylation sites (tertiary alicyclic amines) is 1. The van der Waals surface area contributed by atoms with Crippen molar-refractivity contribution in [2.24, 2.45) is 5.92 Å². The molecule has 0 spiro atoms. The molecule has 94 valence electrons. The minimum Gasteiger partial charge on any atom is -0.336 e. The van der Waals surface area contributed by atoms with E-state index in [1.165, 1.54) is 0 Å². The van der Waals surface area contributed by atoms with E-state index in [9.17, 15) is 4.79 Å². The van der Waals surface area contributed by atoms with Gasteiger partial charge < -0.3 is 9.30 Å². The molecular formula is C13H14BrN3O. The van der Waals surface area contributed by atoms with Crippen molar-refractivity contribution >= 4 is 27.5 Å². The van der Waals surface area contributed by atoms with Gasteiger partial charge in [-0.05, 0) is 18.1 Å². The van der Waals surface area contributed by atoms with Crippen molar-refractivity contribution in [3.05, 3.63) is 36.3 Å². The maximum absolute atomic E-state index is 11.9. The maximum atomic E-state index is 11.9. The van der Waals surface area contributed by atoms with Crippen LogP contribution in [0.4, 0.5) is 0 Å². The van der Waals surface area contributed by atoms with E-state index in [-0.39, 0.29) is 5.91 Å². The molecule has 18 heavy (non-hydrogen) atoms. The van der Waals surface area contributed by atoms with Crippen LogP contribution in [-0.2, 0) is 11.3 Å². The lowest BCUT2D eigenvalue weighted by Gasteiger charge is -2.15. The molecule has 0 bridgehead atoms. The molecule has 1 aliphatic heterocycles. The predicted molar refractivity (Wildman–Crippen MR) is 72.5 cm³/mol. The van der Waals surface area contributed by atoms with E-state index in [1.807, 2.05) is 39.9 Å². The van der Waals surface area contributed by atoms with Gasteiger partial charge in [-0.1, -0.05) is 22.0 Å². The number of hydrogen-bond donors (Lipinski definition) is 0. The van der Waals surface area contributed by atoms with Gasteiger partial charge in [0, 0.05) is 24.5 Å². The lowest BCUT2D eigenvalue weighted by atomic mass is 10.2. The molecule has 2 aromatic rings. The number of imidazole rings is 1. The highest BCUT2D eigenvalue weighted by molar-refractivity contribution is 9.09. The largest absolute Gasteiger partial charge is 0.336 e. The Morgan fingerprint density at radius 1 is 1.44 bits per heavy atom. The normalized spacial score (nSPS) is 19.9. The van der Waals surface area contributed by atoms with Crippen LogP contribution < -0.4 is 0 Å². The fraction of sp³-hybridized carbons (Fsp3) is 0.385. The molecule has 0 radical (unpaired) electrons. The van der Waals surface area contributed by atoms with Crippen LogP contribution in [0.2, 0.25) is 0 Å². The molecule has 1 aliphatic rings. The minimum absolute atomic E-state index is 0.241. The minimum atomic E-state index is 0.241. The lowest BCUT2D eigenvalue weighted by Crippen LogP contribution is -2.25. The van der Waals surface area contributed by atoms with Crippen LogP contribution in [0, 0.1) is 5.92 Å². The number of fused-ring (bicyclic) bond motifs is 1. The lowest BCUT2D eigenvalue weighted by molar-refractivity contribution is -0.128. The summed E-state index contributed by atoms with van der Waals surface area (Å²) in [6.07, 6.45) is 4.49. The molecule has 4 nitrogen and oxygen atoms in total. The Kier molecular flexibility index (Phi) is 3.07. The average molecular weight is 308 g/mol. The van der Waals surface area contributed by atoms with E-state index in [4.69, 9.17) is 0 Å². The first kappa shape index (κ1) is 11.7. The quantitative estimate of drug-likeness (QED) is 0.814. The van der Waals surface area contributed by atoms with Crippen LogP contribution in [0.3, 0.4) is 0 Å². The van der Waals surface area contributed by atoms with Gasteiger partial charge in [0.25, 0.3) is 0 Å². The highest BCUT2D eigenvalue weighted by Crippen LogP contribution is 2.21. The van der Waals surface area contributed by atoms with Gasteiger partial charge in [-0.2, -0.15) is 0 Å². The molecule has 1 atom stereocenters. The van der Waals surface area contributed by atoms with Gasteiger partial charge in [-0.15, -0.1) is 0 Å². The van der Waals surface area contributed by atoms with E-state index in [1.54, 1.807) is 0 Å². The third kappa shape index (κ3) is 2.03. The Morgan fingerprint density at radius 3 is 3.11 bits per heavy atom. The second kappa shape index (κ2) is 4.72. The van der Waals surface area contributed by atoms with Gasteiger partial charge in [0.15, 0.2) is 0 Å². The number of carbonyl (C=O) groups excluding carboxylic acids is 1. The summed E-state index contributed by atoms with van der Waals surface area (Å²) in [4.78, 5) is 18.1. The van der Waals surface area contributed by atoms with E-state index < -0.39 is 0 Å². The molecule has 3 rings (SSSR count). The Hall–Kier alpha value is -1.36. The fourth-order valence-electron chi connectivity index (χ4n) is 2.41. The van der Waals surface area contributed by atoms with E-state index in [2.05, 4.69) is 20.9 Å². The zero-order valence-electron chi connectivity index (χ0n) is 9.92. The predicted octanol–water partition coefficient (Wildman–Crippen LogP) is 2.08. The SMILES string of the molecule is O=C1CC(CBr)CN1Cc1cnc2ccccn12. The van der Waals surface area contributed by atoms with Crippen LogP contribution in [0.25, 0.3) is 5.65 Å². The molecule has 1 amide bonds. The second-order valence-corrected chi connectivity index (χ2v) is 5.32. The standard InChI is InChI=1S/C13H14BrN3O/c14-6-10-5-13(18)16(8-10)9-11-7-15-12-3-1-2-4-17(11)12/h1-4,7,10H,5-6,8-9H2. The molecule has 0 N–H and O–H groups in total. The number of nitrogens with zero attached hydrogens (tertiary/aromatic N) is 3. The second-order valence-electron chi connectivity index (χ2n) is 4.68. The molecule has 1 unspecified atom stereocenters. The molecular weight excluding hydrogens is 294 g/mol. The van der Waals surface area contributed by atoms with Crippen molar-refractivity contribution in [3.63, 3.8) is 0 Å². The van der Waals surface area contributed by atoms with Crippen molar-refractivity contribution in [1.82, 2.24) is 14.3 Å². The summed E-state index contributed by atoms with van der Waals surface area (Å²) in [6.45, 7) is 1.48. The average Bonchev–Trinajstić information content (AvgIpc) is 2.95. The number of halogens is 1. The number of alkyl halides is 1. The van der Waals surface area contributed by atoms with Crippen molar-refractivity contribution in [2.45, 2.75) is 13.0 Å². The van der Waals surface area contributed by atoms with Crippen LogP contribution in [-0.4, -0.2) is 32.1 Å². The first-order valence-electron chi connectivity index (χ1n) is 6.02. The fourth-order valence-corrected chi connectivity index (χ4v) is 2.84. The van der Waals surface area contributed by atoms with Crippen molar-refractivity contribution < 1.29 is 4.79 Å². The smallest absolute Gasteiger partial charge is 0.223 e. The molecule has 0 saturated carbocycles. The van der Waals surface area contributed by atoms with Gasteiger partial charge in [0.05, 0.1) is 18.4 Å². The highest BCUT2D eigenvalue weighted by Gasteiger charge is 2.29. The number of hydrogen-bond acceptors (Lipinski definition) is 2. The first-order chi connectivity index (χ1) is 8.78. The Bertz CT molecular complexity index is 580. The van der Waals surface area contributed by atoms with Crippen LogP contribution in [0.15, 0.2) is 30.6 Å². The molecule has 1 fully saturated rings. The topological polar surface area (TPSA) is 37.6 Å². The zero-order valence-corrected chi connectivity index (χ0v) is 11.5. The maximum Gasteiger partial charge on any atom is 0.223 e. The van der Waals surface area contributed by atoms with Gasteiger partial charge in [0.1, 0.15) is 5.65 Å². The molecule has 3 heterocycles. The number of rotatable bonds is 3. The van der Waals surface area contributed by atoms with Gasteiger partial charge in [0.2, 0.25) is 5.91 Å². The summed E-state index contributed by atoms with van der Waals surface area (Å²) in [5, 5.41) is 0.891. The van der Waals surface area contributed by atoms with Crippen LogP contribution in [0.5, 0.6) is 0 Å². The Morgan fingerprint density at radius 2 is 2.33 bits per heavy atom. The zero-order chi connectivity index (χ0) is 12.5. The summed E-state index contributed by atoms with van der Waals surface area (Å²) in [5.41, 5.74) is 1.99. The summed E-state index contributed by atoms with van der Waals surface area (Å²) in [5.74, 6) is 0.682.